The molecule has 162 valence electrons. The summed E-state index contributed by atoms with van der Waals surface area (Å²) in [6, 6.07) is 11.1. The van der Waals surface area contributed by atoms with Gasteiger partial charge in [0, 0.05) is 34.6 Å². The number of benzene rings is 2. The maximum atomic E-state index is 12.9. The Bertz CT molecular complexity index is 1190. The third-order valence-electron chi connectivity index (χ3n) is 5.16. The fraction of sp³-hybridized carbons (Fsp3) is 0.304. The third-order valence-corrected chi connectivity index (χ3v) is 6.34. The molecule has 1 N–H and O–H groups in total. The molecule has 2 heterocycles. The first-order valence-electron chi connectivity index (χ1n) is 9.99. The Hall–Kier alpha value is -2.87. The first kappa shape index (κ1) is 21.4. The van der Waals surface area contributed by atoms with Crippen LogP contribution in [0.3, 0.4) is 0 Å². The predicted octanol–water partition coefficient (Wildman–Crippen LogP) is 6.92. The summed E-state index contributed by atoms with van der Waals surface area (Å²) in [5.41, 5.74) is 3.60. The van der Waals surface area contributed by atoms with Gasteiger partial charge in [-0.3, -0.25) is 0 Å². The molecule has 0 aliphatic rings. The first-order chi connectivity index (χ1) is 14.8. The molecule has 0 radical (unpaired) electrons. The van der Waals surface area contributed by atoms with Crippen molar-refractivity contribution in [2.24, 2.45) is 0 Å². The first-order valence-corrected chi connectivity index (χ1v) is 10.8. The molecule has 4 aromatic rings. The van der Waals surface area contributed by atoms with E-state index in [4.69, 9.17) is 9.51 Å². The number of hydrogen-bond acceptors (Lipinski definition) is 5. The molecule has 4 rings (SSSR count). The molecule has 0 saturated heterocycles. The molecule has 0 atom stereocenters. The Balaban J connectivity index is 1.58. The molecule has 0 fully saturated rings. The lowest BCUT2D eigenvalue weighted by molar-refractivity contribution is -0.137. The Morgan fingerprint density at radius 3 is 2.45 bits per heavy atom. The average Bonchev–Trinajstić information content (AvgIpc) is 3.35. The Kier molecular flexibility index (Phi) is 5.75. The Labute approximate surface area is 182 Å². The quantitative estimate of drug-likeness (QED) is 0.350. The number of nitrogens with one attached hydrogen (secondary N) is 1. The number of fused-ring (bicyclic) bond motifs is 1. The lowest BCUT2D eigenvalue weighted by Crippen LogP contribution is -2.03. The molecule has 31 heavy (non-hydrogen) atoms. The summed E-state index contributed by atoms with van der Waals surface area (Å²) in [5.74, 6) is 0.210. The number of alkyl halides is 3. The van der Waals surface area contributed by atoms with Crippen LogP contribution in [0.15, 0.2) is 47.0 Å². The van der Waals surface area contributed by atoms with E-state index in [1.54, 1.807) is 0 Å². The Morgan fingerprint density at radius 1 is 1.06 bits per heavy atom. The minimum Gasteiger partial charge on any atom is -0.388 e. The highest BCUT2D eigenvalue weighted by atomic mass is 32.1. The van der Waals surface area contributed by atoms with E-state index < -0.39 is 11.7 Å². The number of aryl methyl sites for hydroxylation is 2. The van der Waals surface area contributed by atoms with Crippen LogP contribution in [-0.4, -0.2) is 17.2 Å². The van der Waals surface area contributed by atoms with Crippen LogP contribution in [0.1, 0.15) is 41.6 Å². The van der Waals surface area contributed by atoms with Gasteiger partial charge >= 0.3 is 6.18 Å². The summed E-state index contributed by atoms with van der Waals surface area (Å²) in [5, 5.41) is 9.03. The highest BCUT2D eigenvalue weighted by molar-refractivity contribution is 7.15. The third kappa shape index (κ3) is 4.44. The largest absolute Gasteiger partial charge is 0.416 e. The van der Waals surface area contributed by atoms with Crippen molar-refractivity contribution in [3.63, 3.8) is 0 Å². The van der Waals surface area contributed by atoms with Crippen molar-refractivity contribution in [3.8, 4) is 10.6 Å². The molecule has 0 amide bonds. The summed E-state index contributed by atoms with van der Waals surface area (Å²) < 4.78 is 44.0. The number of anilines is 1. The summed E-state index contributed by atoms with van der Waals surface area (Å²) in [4.78, 5) is 5.86. The number of thiazole rings is 1. The van der Waals surface area contributed by atoms with Crippen LogP contribution in [0.5, 0.6) is 0 Å². The number of hydrogen-bond donors (Lipinski definition) is 1. The van der Waals surface area contributed by atoms with Gasteiger partial charge in [0.15, 0.2) is 5.58 Å². The zero-order valence-electron chi connectivity index (χ0n) is 17.4. The van der Waals surface area contributed by atoms with Gasteiger partial charge in [0.05, 0.1) is 17.0 Å². The van der Waals surface area contributed by atoms with E-state index in [-0.39, 0.29) is 5.92 Å². The van der Waals surface area contributed by atoms with Gasteiger partial charge in [-0.25, -0.2) is 4.98 Å². The number of nitrogens with zero attached hydrogens (tertiary/aromatic N) is 2. The van der Waals surface area contributed by atoms with Gasteiger partial charge in [-0.2, -0.15) is 13.2 Å². The topological polar surface area (TPSA) is 51.0 Å². The van der Waals surface area contributed by atoms with E-state index in [1.807, 2.05) is 25.2 Å². The minimum absolute atomic E-state index is 0.210. The molecule has 0 aliphatic heterocycles. The molecule has 0 spiro atoms. The van der Waals surface area contributed by atoms with Crippen LogP contribution in [0.2, 0.25) is 0 Å². The molecule has 0 unspecified atom stereocenters. The molecule has 8 heteroatoms. The smallest absolute Gasteiger partial charge is 0.388 e. The fourth-order valence-corrected chi connectivity index (χ4v) is 4.70. The maximum absolute atomic E-state index is 12.9. The maximum Gasteiger partial charge on any atom is 0.416 e. The molecule has 0 saturated carbocycles. The van der Waals surface area contributed by atoms with Gasteiger partial charge in [-0.1, -0.05) is 31.1 Å². The SMILES string of the molecule is CNc1ccc2c(CCc3sc(-c4ccc(C(F)(F)F)cc4)nc3C(C)C)noc2c1. The van der Waals surface area contributed by atoms with E-state index >= 15 is 0 Å². The molecule has 4 nitrogen and oxygen atoms in total. The van der Waals surface area contributed by atoms with Crippen molar-refractivity contribution in [2.75, 3.05) is 12.4 Å². The van der Waals surface area contributed by atoms with Crippen LogP contribution < -0.4 is 5.32 Å². The molecular formula is C23H22F3N3OS. The van der Waals surface area contributed by atoms with Crippen LogP contribution in [0.25, 0.3) is 21.5 Å². The second kappa shape index (κ2) is 8.34. The van der Waals surface area contributed by atoms with E-state index in [1.165, 1.54) is 23.5 Å². The molecule has 0 bridgehead atoms. The normalized spacial score (nSPS) is 12.1. The predicted molar refractivity (Wildman–Crippen MR) is 118 cm³/mol. The minimum atomic E-state index is -4.34. The van der Waals surface area contributed by atoms with E-state index in [0.29, 0.717) is 12.0 Å². The van der Waals surface area contributed by atoms with Crippen LogP contribution >= 0.6 is 11.3 Å². The lowest BCUT2D eigenvalue weighted by Gasteiger charge is -2.06. The van der Waals surface area contributed by atoms with E-state index in [0.717, 1.165) is 56.5 Å². The van der Waals surface area contributed by atoms with Crippen LogP contribution in [-0.2, 0) is 19.0 Å². The summed E-state index contributed by atoms with van der Waals surface area (Å²) in [7, 11) is 1.85. The van der Waals surface area contributed by atoms with Crippen molar-refractivity contribution in [3.05, 3.63) is 64.3 Å². The lowest BCUT2D eigenvalue weighted by atomic mass is 10.1. The second-order valence-electron chi connectivity index (χ2n) is 7.65. The Morgan fingerprint density at radius 2 is 1.81 bits per heavy atom. The van der Waals surface area contributed by atoms with Gasteiger partial charge in [-0.15, -0.1) is 11.3 Å². The van der Waals surface area contributed by atoms with Crippen molar-refractivity contribution in [2.45, 2.75) is 38.8 Å². The zero-order valence-corrected chi connectivity index (χ0v) is 18.2. The highest BCUT2D eigenvalue weighted by Crippen LogP contribution is 2.35. The molecule has 2 aromatic heterocycles. The monoisotopic (exact) mass is 445 g/mol. The fourth-order valence-electron chi connectivity index (χ4n) is 3.48. The van der Waals surface area contributed by atoms with Crippen LogP contribution in [0, 0.1) is 0 Å². The summed E-state index contributed by atoms with van der Waals surface area (Å²) in [6.07, 6.45) is -2.91. The molecule has 0 aliphatic carbocycles. The van der Waals surface area contributed by atoms with Gasteiger partial charge in [0.25, 0.3) is 0 Å². The number of aromatic nitrogens is 2. The average molecular weight is 446 g/mol. The van der Waals surface area contributed by atoms with Crippen LogP contribution in [0.4, 0.5) is 18.9 Å². The van der Waals surface area contributed by atoms with Gasteiger partial charge in [0.1, 0.15) is 5.01 Å². The number of rotatable bonds is 6. The molecular weight excluding hydrogens is 423 g/mol. The van der Waals surface area contributed by atoms with Crippen molar-refractivity contribution < 1.29 is 17.7 Å². The van der Waals surface area contributed by atoms with Gasteiger partial charge < -0.3 is 9.84 Å². The van der Waals surface area contributed by atoms with Crippen molar-refractivity contribution in [1.29, 1.82) is 0 Å². The van der Waals surface area contributed by atoms with E-state index in [2.05, 4.69) is 24.3 Å². The molecule has 2 aromatic carbocycles. The highest BCUT2D eigenvalue weighted by Gasteiger charge is 2.30. The number of halogens is 3. The standard InChI is InChI=1S/C23H22F3N3OS/c1-13(2)21-20(11-10-18-17-9-8-16(27-3)12-19(17)30-29-18)31-22(28-21)14-4-6-15(7-5-14)23(24,25)26/h4-9,12-13,27H,10-11H2,1-3H3. The van der Waals surface area contributed by atoms with Crippen molar-refractivity contribution >= 4 is 28.0 Å². The van der Waals surface area contributed by atoms with Crippen molar-refractivity contribution in [1.82, 2.24) is 10.1 Å². The van der Waals surface area contributed by atoms with Gasteiger partial charge in [-0.05, 0) is 43.0 Å². The summed E-state index contributed by atoms with van der Waals surface area (Å²) >= 11 is 1.53. The second-order valence-corrected chi connectivity index (χ2v) is 8.73. The zero-order chi connectivity index (χ0) is 22.2. The summed E-state index contributed by atoms with van der Waals surface area (Å²) in [6.45, 7) is 4.14. The van der Waals surface area contributed by atoms with Gasteiger partial charge in [0.2, 0.25) is 0 Å². The van der Waals surface area contributed by atoms with E-state index in [9.17, 15) is 13.2 Å².